The maximum atomic E-state index is 12.0. The zero-order valence-electron chi connectivity index (χ0n) is 11.6. The summed E-state index contributed by atoms with van der Waals surface area (Å²) in [6.45, 7) is 4.57. The van der Waals surface area contributed by atoms with Gasteiger partial charge in [-0.05, 0) is 24.1 Å². The van der Waals surface area contributed by atoms with Gasteiger partial charge < -0.3 is 15.4 Å². The van der Waals surface area contributed by atoms with E-state index in [4.69, 9.17) is 10.5 Å². The molecule has 0 aliphatic carbocycles. The Kier molecular flexibility index (Phi) is 5.01. The summed E-state index contributed by atoms with van der Waals surface area (Å²) in [5.74, 6) is 0.0594. The normalized spacial score (nSPS) is 12.0. The second kappa shape index (κ2) is 6.28. The number of hydrogen-bond donors (Lipinski definition) is 1. The van der Waals surface area contributed by atoms with Gasteiger partial charge in [0, 0.05) is 19.8 Å². The maximum Gasteiger partial charge on any atom is 0.340 e. The molecule has 100 valence electrons. The Bertz CT molecular complexity index is 416. The van der Waals surface area contributed by atoms with Gasteiger partial charge in [0.2, 0.25) is 0 Å². The number of benzene rings is 1. The Balaban J connectivity index is 2.87. The van der Waals surface area contributed by atoms with E-state index in [1.807, 2.05) is 25.1 Å². The number of hydrogen-bond acceptors (Lipinski definition) is 4. The Morgan fingerprint density at radius 1 is 1.44 bits per heavy atom. The molecule has 18 heavy (non-hydrogen) atoms. The molecule has 1 aromatic rings. The summed E-state index contributed by atoms with van der Waals surface area (Å²) < 4.78 is 5.31. The maximum absolute atomic E-state index is 12.0. The van der Waals surface area contributed by atoms with Crippen LogP contribution in [-0.2, 0) is 4.74 Å². The minimum Gasteiger partial charge on any atom is -0.462 e. The van der Waals surface area contributed by atoms with Gasteiger partial charge in [-0.1, -0.05) is 20.3 Å². The summed E-state index contributed by atoms with van der Waals surface area (Å²) in [6, 6.07) is 5.27. The molecule has 0 radical (unpaired) electrons. The van der Waals surface area contributed by atoms with Crippen LogP contribution in [0.1, 0.15) is 30.6 Å². The topological polar surface area (TPSA) is 55.6 Å². The molecule has 0 spiro atoms. The molecule has 0 saturated heterocycles. The quantitative estimate of drug-likeness (QED) is 0.644. The fourth-order valence-corrected chi connectivity index (χ4v) is 1.52. The van der Waals surface area contributed by atoms with Crippen molar-refractivity contribution in [3.05, 3.63) is 23.8 Å². The lowest BCUT2D eigenvalue weighted by Crippen LogP contribution is -2.17. The Hall–Kier alpha value is -1.71. The van der Waals surface area contributed by atoms with E-state index >= 15 is 0 Å². The molecule has 4 nitrogen and oxygen atoms in total. The van der Waals surface area contributed by atoms with Crippen LogP contribution in [-0.4, -0.2) is 26.7 Å². The average Bonchev–Trinajstić information content (AvgIpc) is 2.34. The summed E-state index contributed by atoms with van der Waals surface area (Å²) in [5.41, 5.74) is 7.62. The summed E-state index contributed by atoms with van der Waals surface area (Å²) >= 11 is 0. The van der Waals surface area contributed by atoms with Gasteiger partial charge in [0.1, 0.15) is 0 Å². The number of nitrogens with two attached hydrogens (primary N) is 1. The lowest BCUT2D eigenvalue weighted by atomic mass is 10.1. The third kappa shape index (κ3) is 3.65. The van der Waals surface area contributed by atoms with Crippen LogP contribution in [0.3, 0.4) is 0 Å². The highest BCUT2D eigenvalue weighted by atomic mass is 16.5. The largest absolute Gasteiger partial charge is 0.462 e. The molecule has 1 unspecified atom stereocenters. The molecule has 1 atom stereocenters. The first-order chi connectivity index (χ1) is 8.45. The predicted molar refractivity (Wildman–Crippen MR) is 74.9 cm³/mol. The molecule has 0 heterocycles. The van der Waals surface area contributed by atoms with Gasteiger partial charge in [-0.3, -0.25) is 0 Å². The van der Waals surface area contributed by atoms with Crippen LogP contribution in [0.2, 0.25) is 0 Å². The second-order valence-corrected chi connectivity index (χ2v) is 4.78. The van der Waals surface area contributed by atoms with Crippen LogP contribution in [0.5, 0.6) is 0 Å². The van der Waals surface area contributed by atoms with E-state index < -0.39 is 0 Å². The number of nitrogen functional groups attached to an aromatic ring is 1. The molecule has 0 fully saturated rings. The molecule has 0 bridgehead atoms. The van der Waals surface area contributed by atoms with E-state index in [1.54, 1.807) is 12.1 Å². The highest BCUT2D eigenvalue weighted by Crippen LogP contribution is 2.22. The third-order valence-corrected chi connectivity index (χ3v) is 2.92. The van der Waals surface area contributed by atoms with Gasteiger partial charge in [0.15, 0.2) is 0 Å². The van der Waals surface area contributed by atoms with Crippen molar-refractivity contribution in [2.75, 3.05) is 31.3 Å². The SMILES string of the molecule is CCC(C)COC(=O)c1cc(N)ccc1N(C)C. The highest BCUT2D eigenvalue weighted by Gasteiger charge is 2.15. The smallest absolute Gasteiger partial charge is 0.340 e. The molecule has 4 heteroatoms. The average molecular weight is 250 g/mol. The molecule has 1 rings (SSSR count). The number of rotatable bonds is 5. The molecular formula is C14H22N2O2. The van der Waals surface area contributed by atoms with Crippen LogP contribution in [0.15, 0.2) is 18.2 Å². The molecule has 2 N–H and O–H groups in total. The number of nitrogens with zero attached hydrogens (tertiary/aromatic N) is 1. The van der Waals surface area contributed by atoms with E-state index in [-0.39, 0.29) is 5.97 Å². The Morgan fingerprint density at radius 2 is 2.11 bits per heavy atom. The molecule has 0 saturated carbocycles. The lowest BCUT2D eigenvalue weighted by molar-refractivity contribution is 0.0448. The van der Waals surface area contributed by atoms with Crippen molar-refractivity contribution >= 4 is 17.3 Å². The fraction of sp³-hybridized carbons (Fsp3) is 0.500. The standard InChI is InChI=1S/C14H22N2O2/c1-5-10(2)9-18-14(17)12-8-11(15)6-7-13(12)16(3)4/h6-8,10H,5,9,15H2,1-4H3. The zero-order valence-corrected chi connectivity index (χ0v) is 11.6. The summed E-state index contributed by atoms with van der Waals surface area (Å²) in [6.07, 6.45) is 0.991. The van der Waals surface area contributed by atoms with Gasteiger partial charge in [0.05, 0.1) is 17.9 Å². The van der Waals surface area contributed by atoms with Crippen molar-refractivity contribution in [1.29, 1.82) is 0 Å². The predicted octanol–water partition coefficient (Wildman–Crippen LogP) is 2.54. The van der Waals surface area contributed by atoms with E-state index in [2.05, 4.69) is 13.8 Å². The van der Waals surface area contributed by atoms with Crippen LogP contribution < -0.4 is 10.6 Å². The van der Waals surface area contributed by atoms with Crippen molar-refractivity contribution in [3.63, 3.8) is 0 Å². The first kappa shape index (κ1) is 14.4. The number of esters is 1. The van der Waals surface area contributed by atoms with Gasteiger partial charge >= 0.3 is 5.97 Å². The van der Waals surface area contributed by atoms with E-state index in [0.717, 1.165) is 12.1 Å². The number of carbonyl (C=O) groups is 1. The van der Waals surface area contributed by atoms with Crippen molar-refractivity contribution in [3.8, 4) is 0 Å². The van der Waals surface area contributed by atoms with Gasteiger partial charge in [-0.25, -0.2) is 4.79 Å². The van der Waals surface area contributed by atoms with E-state index in [9.17, 15) is 4.79 Å². The van der Waals surface area contributed by atoms with Crippen molar-refractivity contribution in [1.82, 2.24) is 0 Å². The van der Waals surface area contributed by atoms with Gasteiger partial charge in [0.25, 0.3) is 0 Å². The number of carbonyl (C=O) groups excluding carboxylic acids is 1. The lowest BCUT2D eigenvalue weighted by Gasteiger charge is -2.18. The molecule has 1 aromatic carbocycles. The summed E-state index contributed by atoms with van der Waals surface area (Å²) in [5, 5.41) is 0. The molecule has 0 aliphatic heterocycles. The second-order valence-electron chi connectivity index (χ2n) is 4.78. The van der Waals surface area contributed by atoms with E-state index in [0.29, 0.717) is 23.8 Å². The van der Waals surface area contributed by atoms with Gasteiger partial charge in [-0.15, -0.1) is 0 Å². The van der Waals surface area contributed by atoms with Crippen molar-refractivity contribution in [2.45, 2.75) is 20.3 Å². The minimum atomic E-state index is -0.314. The highest BCUT2D eigenvalue weighted by molar-refractivity contribution is 5.96. The summed E-state index contributed by atoms with van der Waals surface area (Å²) in [7, 11) is 3.77. The number of ether oxygens (including phenoxy) is 1. The first-order valence-electron chi connectivity index (χ1n) is 6.19. The van der Waals surface area contributed by atoms with E-state index in [1.165, 1.54) is 0 Å². The van der Waals surface area contributed by atoms with Crippen molar-refractivity contribution < 1.29 is 9.53 Å². The first-order valence-corrected chi connectivity index (χ1v) is 6.19. The Labute approximate surface area is 109 Å². The molecule has 0 aromatic heterocycles. The minimum absolute atomic E-state index is 0.314. The van der Waals surface area contributed by atoms with Crippen LogP contribution in [0.25, 0.3) is 0 Å². The fourth-order valence-electron chi connectivity index (χ4n) is 1.52. The molecule has 0 amide bonds. The van der Waals surface area contributed by atoms with Gasteiger partial charge in [-0.2, -0.15) is 0 Å². The van der Waals surface area contributed by atoms with Crippen LogP contribution in [0.4, 0.5) is 11.4 Å². The van der Waals surface area contributed by atoms with Crippen LogP contribution in [0, 0.1) is 5.92 Å². The molecule has 0 aliphatic rings. The van der Waals surface area contributed by atoms with Crippen molar-refractivity contribution in [2.24, 2.45) is 5.92 Å². The summed E-state index contributed by atoms with van der Waals surface area (Å²) in [4.78, 5) is 13.9. The third-order valence-electron chi connectivity index (χ3n) is 2.92. The zero-order chi connectivity index (χ0) is 13.7. The van der Waals surface area contributed by atoms with Crippen LogP contribution >= 0.6 is 0 Å². The monoisotopic (exact) mass is 250 g/mol. The number of anilines is 2. The Morgan fingerprint density at radius 3 is 2.67 bits per heavy atom. The molecular weight excluding hydrogens is 228 g/mol.